The lowest BCUT2D eigenvalue weighted by Crippen LogP contribution is -2.58. The molecular weight excluding hydrogens is 283 g/mol. The minimum absolute atomic E-state index is 0.0811. The number of rotatable bonds is 2. The third kappa shape index (κ3) is 2.80. The van der Waals surface area contributed by atoms with Gasteiger partial charge in [0.25, 0.3) is 0 Å². The molecule has 1 aliphatic rings. The SMILES string of the molecule is CCC1(C)CN(c2ccc(Br)cc2F)CCN1. The summed E-state index contributed by atoms with van der Waals surface area (Å²) >= 11 is 3.29. The van der Waals surface area contributed by atoms with Gasteiger partial charge in [-0.2, -0.15) is 0 Å². The van der Waals surface area contributed by atoms with E-state index < -0.39 is 0 Å². The Hall–Kier alpha value is -0.610. The lowest BCUT2D eigenvalue weighted by molar-refractivity contribution is 0.313. The normalized spacial score (nSPS) is 25.1. The smallest absolute Gasteiger partial charge is 0.147 e. The van der Waals surface area contributed by atoms with Crippen molar-refractivity contribution in [2.24, 2.45) is 0 Å². The average Bonchev–Trinajstić information content (AvgIpc) is 2.29. The summed E-state index contributed by atoms with van der Waals surface area (Å²) in [4.78, 5) is 2.13. The van der Waals surface area contributed by atoms with Gasteiger partial charge in [-0.1, -0.05) is 22.9 Å². The van der Waals surface area contributed by atoms with Crippen LogP contribution in [0.2, 0.25) is 0 Å². The van der Waals surface area contributed by atoms with Crippen LogP contribution in [0, 0.1) is 5.82 Å². The van der Waals surface area contributed by atoms with Crippen molar-refractivity contribution in [3.8, 4) is 0 Å². The van der Waals surface area contributed by atoms with E-state index in [0.29, 0.717) is 5.69 Å². The topological polar surface area (TPSA) is 15.3 Å². The first kappa shape index (κ1) is 12.8. The highest BCUT2D eigenvalue weighted by atomic mass is 79.9. The zero-order valence-electron chi connectivity index (χ0n) is 10.3. The van der Waals surface area contributed by atoms with E-state index in [1.165, 1.54) is 6.07 Å². The van der Waals surface area contributed by atoms with Gasteiger partial charge in [-0.15, -0.1) is 0 Å². The van der Waals surface area contributed by atoms with E-state index in [1.807, 2.05) is 12.1 Å². The average molecular weight is 301 g/mol. The molecule has 1 heterocycles. The van der Waals surface area contributed by atoms with Crippen LogP contribution in [0.5, 0.6) is 0 Å². The number of benzene rings is 1. The molecular formula is C13H18BrFN2. The number of nitrogens with one attached hydrogen (secondary N) is 1. The van der Waals surface area contributed by atoms with Crippen LogP contribution in [0.4, 0.5) is 10.1 Å². The monoisotopic (exact) mass is 300 g/mol. The first-order valence-electron chi connectivity index (χ1n) is 5.99. The summed E-state index contributed by atoms with van der Waals surface area (Å²) in [6.45, 7) is 6.96. The summed E-state index contributed by atoms with van der Waals surface area (Å²) in [7, 11) is 0. The molecule has 17 heavy (non-hydrogen) atoms. The molecule has 1 fully saturated rings. The predicted octanol–water partition coefficient (Wildman–Crippen LogP) is 3.17. The fraction of sp³-hybridized carbons (Fsp3) is 0.538. The quantitative estimate of drug-likeness (QED) is 0.902. The molecule has 0 bridgehead atoms. The molecule has 0 saturated carbocycles. The number of hydrogen-bond donors (Lipinski definition) is 1. The minimum atomic E-state index is -0.153. The van der Waals surface area contributed by atoms with Gasteiger partial charge in [0.2, 0.25) is 0 Å². The number of piperazine rings is 1. The Morgan fingerprint density at radius 1 is 1.53 bits per heavy atom. The molecule has 4 heteroatoms. The molecule has 1 unspecified atom stereocenters. The van der Waals surface area contributed by atoms with Crippen LogP contribution >= 0.6 is 15.9 Å². The molecule has 1 aromatic rings. The standard InChI is InChI=1S/C13H18BrFN2/c1-3-13(2)9-17(7-6-16-13)12-5-4-10(14)8-11(12)15/h4-5,8,16H,3,6-7,9H2,1-2H3. The molecule has 0 radical (unpaired) electrons. The van der Waals surface area contributed by atoms with Crippen LogP contribution in [-0.2, 0) is 0 Å². The van der Waals surface area contributed by atoms with E-state index in [4.69, 9.17) is 0 Å². The number of halogens is 2. The van der Waals surface area contributed by atoms with Crippen molar-refractivity contribution >= 4 is 21.6 Å². The highest BCUT2D eigenvalue weighted by Gasteiger charge is 2.29. The van der Waals surface area contributed by atoms with E-state index in [2.05, 4.69) is 40.0 Å². The molecule has 1 saturated heterocycles. The summed E-state index contributed by atoms with van der Waals surface area (Å²) < 4.78 is 14.7. The Morgan fingerprint density at radius 2 is 2.29 bits per heavy atom. The second-order valence-corrected chi connectivity index (χ2v) is 5.77. The minimum Gasteiger partial charge on any atom is -0.366 e. The highest BCUT2D eigenvalue weighted by Crippen LogP contribution is 2.26. The third-order valence-electron chi connectivity index (χ3n) is 3.50. The van der Waals surface area contributed by atoms with Crippen LogP contribution in [0.3, 0.4) is 0 Å². The Morgan fingerprint density at radius 3 is 2.94 bits per heavy atom. The summed E-state index contributed by atoms with van der Waals surface area (Å²) in [6.07, 6.45) is 1.04. The van der Waals surface area contributed by atoms with Crippen molar-refractivity contribution in [2.45, 2.75) is 25.8 Å². The lowest BCUT2D eigenvalue weighted by atomic mass is 9.95. The van der Waals surface area contributed by atoms with Gasteiger partial charge >= 0.3 is 0 Å². The maximum absolute atomic E-state index is 13.9. The summed E-state index contributed by atoms with van der Waals surface area (Å²) in [5.41, 5.74) is 0.784. The van der Waals surface area contributed by atoms with E-state index in [-0.39, 0.29) is 11.4 Å². The van der Waals surface area contributed by atoms with Crippen LogP contribution in [0.25, 0.3) is 0 Å². The van der Waals surface area contributed by atoms with Crippen molar-refractivity contribution in [2.75, 3.05) is 24.5 Å². The zero-order valence-corrected chi connectivity index (χ0v) is 11.8. The zero-order chi connectivity index (χ0) is 12.5. The van der Waals surface area contributed by atoms with E-state index in [0.717, 1.165) is 30.5 Å². The molecule has 94 valence electrons. The lowest BCUT2D eigenvalue weighted by Gasteiger charge is -2.42. The van der Waals surface area contributed by atoms with E-state index >= 15 is 0 Å². The van der Waals surface area contributed by atoms with Gasteiger partial charge in [-0.3, -0.25) is 0 Å². The molecule has 2 nitrogen and oxygen atoms in total. The maximum atomic E-state index is 13.9. The number of anilines is 1. The second-order valence-electron chi connectivity index (χ2n) is 4.86. The van der Waals surface area contributed by atoms with Gasteiger partial charge in [0, 0.05) is 29.6 Å². The van der Waals surface area contributed by atoms with Gasteiger partial charge in [-0.25, -0.2) is 4.39 Å². The molecule has 1 aromatic carbocycles. The molecule has 0 amide bonds. The van der Waals surface area contributed by atoms with Crippen LogP contribution in [0.1, 0.15) is 20.3 Å². The van der Waals surface area contributed by atoms with Gasteiger partial charge in [0.15, 0.2) is 0 Å². The van der Waals surface area contributed by atoms with Crippen molar-refractivity contribution < 1.29 is 4.39 Å². The van der Waals surface area contributed by atoms with Gasteiger partial charge in [0.05, 0.1) is 5.69 Å². The molecule has 2 rings (SSSR count). The van der Waals surface area contributed by atoms with Gasteiger partial charge < -0.3 is 10.2 Å². The van der Waals surface area contributed by atoms with E-state index in [1.54, 1.807) is 0 Å². The molecule has 0 aromatic heterocycles. The predicted molar refractivity (Wildman–Crippen MR) is 73.0 cm³/mol. The summed E-state index contributed by atoms with van der Waals surface area (Å²) in [5.74, 6) is -0.153. The van der Waals surface area contributed by atoms with Gasteiger partial charge in [0.1, 0.15) is 5.82 Å². The Kier molecular flexibility index (Phi) is 3.73. The molecule has 1 atom stereocenters. The highest BCUT2D eigenvalue weighted by molar-refractivity contribution is 9.10. The van der Waals surface area contributed by atoms with Crippen LogP contribution in [-0.4, -0.2) is 25.2 Å². The number of hydrogen-bond acceptors (Lipinski definition) is 2. The maximum Gasteiger partial charge on any atom is 0.147 e. The Bertz CT molecular complexity index is 410. The fourth-order valence-corrected chi connectivity index (χ4v) is 2.56. The van der Waals surface area contributed by atoms with Crippen LogP contribution < -0.4 is 10.2 Å². The molecule has 0 aliphatic carbocycles. The first-order chi connectivity index (χ1) is 8.04. The Labute approximate surface area is 110 Å². The molecule has 1 aliphatic heterocycles. The van der Waals surface area contributed by atoms with Crippen molar-refractivity contribution in [3.05, 3.63) is 28.5 Å². The second kappa shape index (κ2) is 4.94. The third-order valence-corrected chi connectivity index (χ3v) is 4.00. The van der Waals surface area contributed by atoms with Gasteiger partial charge in [-0.05, 0) is 31.5 Å². The fourth-order valence-electron chi connectivity index (χ4n) is 2.23. The summed E-state index contributed by atoms with van der Waals surface area (Å²) in [6, 6.07) is 5.27. The van der Waals surface area contributed by atoms with E-state index in [9.17, 15) is 4.39 Å². The summed E-state index contributed by atoms with van der Waals surface area (Å²) in [5, 5.41) is 3.50. The molecule has 0 spiro atoms. The van der Waals surface area contributed by atoms with Crippen molar-refractivity contribution in [3.63, 3.8) is 0 Å². The largest absolute Gasteiger partial charge is 0.366 e. The molecule has 1 N–H and O–H groups in total. The first-order valence-corrected chi connectivity index (χ1v) is 6.78. The van der Waals surface area contributed by atoms with Crippen LogP contribution in [0.15, 0.2) is 22.7 Å². The van der Waals surface area contributed by atoms with Crippen molar-refractivity contribution in [1.29, 1.82) is 0 Å². The van der Waals surface area contributed by atoms with Crippen molar-refractivity contribution in [1.82, 2.24) is 5.32 Å². The Balaban J connectivity index is 2.22. The number of nitrogens with zero attached hydrogens (tertiary/aromatic N) is 1.